The zero-order valence-corrected chi connectivity index (χ0v) is 9.75. The quantitative estimate of drug-likeness (QED) is 0.748. The molecule has 0 aromatic carbocycles. The molecule has 0 bridgehead atoms. The van der Waals surface area contributed by atoms with E-state index in [1.807, 2.05) is 12.1 Å². The fraction of sp³-hybridized carbons (Fsp3) is 0.182. The molecule has 82 valence electrons. The van der Waals surface area contributed by atoms with Crippen LogP contribution in [0.4, 0.5) is 0 Å². The number of carbonyl (C=O) groups is 1. The summed E-state index contributed by atoms with van der Waals surface area (Å²) >= 11 is 1.32. The second-order valence-corrected chi connectivity index (χ2v) is 4.17. The van der Waals surface area contributed by atoms with Crippen molar-refractivity contribution in [2.24, 2.45) is 0 Å². The van der Waals surface area contributed by atoms with Crippen LogP contribution in [0.2, 0.25) is 0 Å². The van der Waals surface area contributed by atoms with Gasteiger partial charge in [-0.3, -0.25) is 4.98 Å². The van der Waals surface area contributed by atoms with Crippen molar-refractivity contribution in [2.45, 2.75) is 6.92 Å². The average Bonchev–Trinajstić information content (AvgIpc) is 2.71. The standard InChI is InChI=1S/C11H10N2O2S/c1-7-9(11(14)15-2)16-10(13-7)8-4-3-5-12-6-8/h3-6H,1-2H3. The Morgan fingerprint density at radius 1 is 1.50 bits per heavy atom. The molecule has 0 aliphatic carbocycles. The third-order valence-corrected chi connectivity index (χ3v) is 3.26. The Bertz CT molecular complexity index is 508. The van der Waals surface area contributed by atoms with E-state index in [0.717, 1.165) is 10.6 Å². The molecule has 2 rings (SSSR count). The van der Waals surface area contributed by atoms with Crippen LogP contribution in [0, 0.1) is 6.92 Å². The molecule has 2 heterocycles. The summed E-state index contributed by atoms with van der Waals surface area (Å²) in [6.45, 7) is 1.79. The van der Waals surface area contributed by atoms with Crippen molar-refractivity contribution in [3.05, 3.63) is 35.1 Å². The second-order valence-electron chi connectivity index (χ2n) is 3.17. The van der Waals surface area contributed by atoms with E-state index in [2.05, 4.69) is 14.7 Å². The first-order valence-corrected chi connectivity index (χ1v) is 5.50. The first-order chi connectivity index (χ1) is 7.72. The molecule has 0 fully saturated rings. The van der Waals surface area contributed by atoms with Crippen molar-refractivity contribution in [3.63, 3.8) is 0 Å². The van der Waals surface area contributed by atoms with E-state index >= 15 is 0 Å². The Morgan fingerprint density at radius 2 is 2.31 bits per heavy atom. The van der Waals surface area contributed by atoms with Crippen LogP contribution in [-0.4, -0.2) is 23.0 Å². The van der Waals surface area contributed by atoms with Crippen LogP contribution >= 0.6 is 11.3 Å². The summed E-state index contributed by atoms with van der Waals surface area (Å²) in [7, 11) is 1.37. The smallest absolute Gasteiger partial charge is 0.349 e. The van der Waals surface area contributed by atoms with Crippen molar-refractivity contribution in [1.29, 1.82) is 0 Å². The van der Waals surface area contributed by atoms with Gasteiger partial charge in [0.15, 0.2) is 0 Å². The van der Waals surface area contributed by atoms with Gasteiger partial charge < -0.3 is 4.74 Å². The van der Waals surface area contributed by atoms with Gasteiger partial charge in [0.2, 0.25) is 0 Å². The fourth-order valence-electron chi connectivity index (χ4n) is 1.29. The van der Waals surface area contributed by atoms with Crippen LogP contribution in [0.3, 0.4) is 0 Å². The van der Waals surface area contributed by atoms with Gasteiger partial charge in [-0.1, -0.05) is 0 Å². The van der Waals surface area contributed by atoms with Crippen molar-refractivity contribution < 1.29 is 9.53 Å². The summed E-state index contributed by atoms with van der Waals surface area (Å²) in [6.07, 6.45) is 3.42. The maximum absolute atomic E-state index is 11.4. The summed E-state index contributed by atoms with van der Waals surface area (Å²) in [5.74, 6) is -0.342. The molecule has 0 saturated carbocycles. The molecule has 2 aromatic heterocycles. The Labute approximate surface area is 96.9 Å². The molecule has 0 N–H and O–H groups in total. The van der Waals surface area contributed by atoms with Gasteiger partial charge in [0.25, 0.3) is 0 Å². The SMILES string of the molecule is COC(=O)c1sc(-c2cccnc2)nc1C. The van der Waals surface area contributed by atoms with E-state index in [1.54, 1.807) is 19.3 Å². The minimum absolute atomic E-state index is 0.342. The highest BCUT2D eigenvalue weighted by Crippen LogP contribution is 2.27. The zero-order chi connectivity index (χ0) is 11.5. The summed E-state index contributed by atoms with van der Waals surface area (Å²) in [4.78, 5) is 20.3. The highest BCUT2D eigenvalue weighted by atomic mass is 32.1. The van der Waals surface area contributed by atoms with Crippen molar-refractivity contribution in [1.82, 2.24) is 9.97 Å². The number of pyridine rings is 1. The third-order valence-electron chi connectivity index (χ3n) is 2.08. The molecule has 4 nitrogen and oxygen atoms in total. The summed E-state index contributed by atoms with van der Waals surface area (Å²) in [6, 6.07) is 3.75. The van der Waals surface area contributed by atoms with Crippen LogP contribution in [0.5, 0.6) is 0 Å². The molecule has 0 saturated heterocycles. The minimum atomic E-state index is -0.342. The van der Waals surface area contributed by atoms with Gasteiger partial charge in [0, 0.05) is 18.0 Å². The van der Waals surface area contributed by atoms with Crippen LogP contribution in [0.15, 0.2) is 24.5 Å². The lowest BCUT2D eigenvalue weighted by molar-refractivity contribution is 0.0605. The lowest BCUT2D eigenvalue weighted by atomic mass is 10.3. The maximum Gasteiger partial charge on any atom is 0.349 e. The predicted molar refractivity (Wildman–Crippen MR) is 61.4 cm³/mol. The van der Waals surface area contributed by atoms with Crippen LogP contribution in [-0.2, 0) is 4.74 Å². The van der Waals surface area contributed by atoms with Crippen LogP contribution in [0.25, 0.3) is 10.6 Å². The molecular formula is C11H10N2O2S. The summed E-state index contributed by atoms with van der Waals surface area (Å²) in [5.41, 5.74) is 1.60. The van der Waals surface area contributed by atoms with Crippen molar-refractivity contribution in [3.8, 4) is 10.6 Å². The highest BCUT2D eigenvalue weighted by Gasteiger charge is 2.16. The molecule has 0 unspecified atom stereocenters. The first kappa shape index (κ1) is 10.8. The van der Waals surface area contributed by atoms with Gasteiger partial charge in [-0.05, 0) is 19.1 Å². The zero-order valence-electron chi connectivity index (χ0n) is 8.93. The lowest BCUT2D eigenvalue weighted by Gasteiger charge is -1.93. The van der Waals surface area contributed by atoms with Gasteiger partial charge in [-0.2, -0.15) is 0 Å². The Hall–Kier alpha value is -1.75. The first-order valence-electron chi connectivity index (χ1n) is 4.68. The number of methoxy groups -OCH3 is 1. The van der Waals surface area contributed by atoms with E-state index in [-0.39, 0.29) is 5.97 Å². The van der Waals surface area contributed by atoms with Crippen molar-refractivity contribution >= 4 is 17.3 Å². The highest BCUT2D eigenvalue weighted by molar-refractivity contribution is 7.17. The van der Waals surface area contributed by atoms with Gasteiger partial charge in [-0.25, -0.2) is 9.78 Å². The Balaban J connectivity index is 2.42. The van der Waals surface area contributed by atoms with E-state index < -0.39 is 0 Å². The van der Waals surface area contributed by atoms with E-state index in [4.69, 9.17) is 0 Å². The van der Waals surface area contributed by atoms with E-state index in [0.29, 0.717) is 10.6 Å². The number of esters is 1. The van der Waals surface area contributed by atoms with Gasteiger partial charge in [0.1, 0.15) is 9.88 Å². The maximum atomic E-state index is 11.4. The van der Waals surface area contributed by atoms with Crippen LogP contribution in [0.1, 0.15) is 15.4 Å². The molecule has 16 heavy (non-hydrogen) atoms. The molecule has 0 radical (unpaired) electrons. The summed E-state index contributed by atoms with van der Waals surface area (Å²) in [5, 5.41) is 0.783. The van der Waals surface area contributed by atoms with Crippen molar-refractivity contribution in [2.75, 3.05) is 7.11 Å². The number of hydrogen-bond donors (Lipinski definition) is 0. The number of nitrogens with zero attached hydrogens (tertiary/aromatic N) is 2. The Kier molecular flexibility index (Phi) is 2.96. The molecular weight excluding hydrogens is 224 g/mol. The average molecular weight is 234 g/mol. The minimum Gasteiger partial charge on any atom is -0.465 e. The number of aromatic nitrogens is 2. The molecule has 0 amide bonds. The van der Waals surface area contributed by atoms with Gasteiger partial charge >= 0.3 is 5.97 Å². The lowest BCUT2D eigenvalue weighted by Crippen LogP contribution is -1.99. The largest absolute Gasteiger partial charge is 0.465 e. The normalized spacial score (nSPS) is 10.1. The van der Waals surface area contributed by atoms with Gasteiger partial charge in [-0.15, -0.1) is 11.3 Å². The number of thiazole rings is 1. The van der Waals surface area contributed by atoms with Gasteiger partial charge in [0.05, 0.1) is 12.8 Å². The van der Waals surface area contributed by atoms with E-state index in [1.165, 1.54) is 18.4 Å². The summed E-state index contributed by atoms with van der Waals surface area (Å²) < 4.78 is 4.68. The number of rotatable bonds is 2. The Morgan fingerprint density at radius 3 is 2.94 bits per heavy atom. The predicted octanol–water partition coefficient (Wildman–Crippen LogP) is 2.30. The number of aryl methyl sites for hydroxylation is 1. The number of hydrogen-bond acceptors (Lipinski definition) is 5. The third kappa shape index (κ3) is 1.94. The molecule has 5 heteroatoms. The monoisotopic (exact) mass is 234 g/mol. The molecule has 0 atom stereocenters. The second kappa shape index (κ2) is 4.40. The molecule has 0 aliphatic rings. The number of carbonyl (C=O) groups excluding carboxylic acids is 1. The fourth-order valence-corrected chi connectivity index (χ4v) is 2.27. The van der Waals surface area contributed by atoms with Crippen LogP contribution < -0.4 is 0 Å². The molecule has 0 spiro atoms. The molecule has 0 aliphatic heterocycles. The van der Waals surface area contributed by atoms with E-state index in [9.17, 15) is 4.79 Å². The topological polar surface area (TPSA) is 52.1 Å². The molecule has 2 aromatic rings. The number of ether oxygens (including phenoxy) is 1.